The van der Waals surface area contributed by atoms with Crippen LogP contribution in [0.1, 0.15) is 122 Å². The summed E-state index contributed by atoms with van der Waals surface area (Å²) in [6.07, 6.45) is 0. The van der Waals surface area contributed by atoms with Crippen molar-refractivity contribution in [2.24, 2.45) is 0 Å². The molecule has 0 bridgehead atoms. The minimum absolute atomic E-state index is 0.118. The second kappa shape index (κ2) is 10.4. The lowest BCUT2D eigenvalue weighted by molar-refractivity contribution is 0.453. The van der Waals surface area contributed by atoms with Crippen LogP contribution < -0.4 is 9.05 Å². The lowest BCUT2D eigenvalue weighted by Crippen LogP contribution is -2.18. The molecule has 0 aromatic heterocycles. The van der Waals surface area contributed by atoms with Crippen LogP contribution in [0.3, 0.4) is 0 Å². The molecular formula is C28H43O2P. The Morgan fingerprint density at radius 2 is 0.774 bits per heavy atom. The highest BCUT2D eigenvalue weighted by Gasteiger charge is 2.32. The first-order chi connectivity index (χ1) is 14.3. The Hall–Kier alpha value is -1.53. The molecule has 0 heterocycles. The molecule has 0 atom stereocenters. The van der Waals surface area contributed by atoms with Gasteiger partial charge >= 0.3 is 0 Å². The third-order valence-corrected chi connectivity index (χ3v) is 7.34. The van der Waals surface area contributed by atoms with Crippen molar-refractivity contribution >= 4 is 8.38 Å². The molecule has 0 aliphatic heterocycles. The van der Waals surface area contributed by atoms with Crippen LogP contribution in [0.2, 0.25) is 0 Å². The lowest BCUT2D eigenvalue weighted by atomic mass is 9.95. The summed E-state index contributed by atoms with van der Waals surface area (Å²) in [4.78, 5) is 0. The number of hydrogen-bond acceptors (Lipinski definition) is 2. The lowest BCUT2D eigenvalue weighted by Gasteiger charge is -2.30. The summed E-state index contributed by atoms with van der Waals surface area (Å²) in [6, 6.07) is 13.4. The van der Waals surface area contributed by atoms with E-state index in [0.717, 1.165) is 11.5 Å². The molecule has 0 fully saturated rings. The Bertz CT molecular complexity index is 742. The van der Waals surface area contributed by atoms with Crippen LogP contribution >= 0.6 is 8.38 Å². The van der Waals surface area contributed by atoms with Crippen molar-refractivity contribution < 1.29 is 9.05 Å². The maximum Gasteiger partial charge on any atom is 0.296 e. The van der Waals surface area contributed by atoms with Gasteiger partial charge < -0.3 is 9.05 Å². The molecule has 31 heavy (non-hydrogen) atoms. The van der Waals surface area contributed by atoms with Crippen LogP contribution in [-0.4, -0.2) is 5.16 Å². The van der Waals surface area contributed by atoms with Gasteiger partial charge in [-0.25, -0.2) is 0 Å². The largest absolute Gasteiger partial charge is 0.438 e. The van der Waals surface area contributed by atoms with Crippen molar-refractivity contribution in [1.29, 1.82) is 0 Å². The average Bonchev–Trinajstić information content (AvgIpc) is 2.66. The SMILES string of the molecule is CC(C)c1cc(OP(Oc2cc(C(C)C)cc(C(C)C)c2)C(C)(C)C)cc(C(C)C)c1. The van der Waals surface area contributed by atoms with E-state index in [9.17, 15) is 0 Å². The van der Waals surface area contributed by atoms with Crippen LogP contribution in [0.4, 0.5) is 0 Å². The smallest absolute Gasteiger partial charge is 0.296 e. The minimum Gasteiger partial charge on any atom is -0.438 e. The van der Waals surface area contributed by atoms with Crippen LogP contribution in [0.25, 0.3) is 0 Å². The molecule has 0 saturated heterocycles. The van der Waals surface area contributed by atoms with Crippen molar-refractivity contribution in [3.05, 3.63) is 58.7 Å². The Labute approximate surface area is 192 Å². The van der Waals surface area contributed by atoms with Gasteiger partial charge in [-0.05, 0) is 91.0 Å². The van der Waals surface area contributed by atoms with Crippen molar-refractivity contribution in [3.8, 4) is 11.5 Å². The molecule has 2 aromatic rings. The molecule has 0 spiro atoms. The topological polar surface area (TPSA) is 18.5 Å². The van der Waals surface area contributed by atoms with Gasteiger partial charge in [0.25, 0.3) is 8.38 Å². The Kier molecular flexibility index (Phi) is 8.62. The first kappa shape index (κ1) is 25.7. The second-order valence-corrected chi connectivity index (χ2v) is 13.1. The highest BCUT2D eigenvalue weighted by Crippen LogP contribution is 2.52. The van der Waals surface area contributed by atoms with Crippen LogP contribution in [0.5, 0.6) is 11.5 Å². The molecule has 172 valence electrons. The summed E-state index contributed by atoms with van der Waals surface area (Å²) in [6.45, 7) is 24.5. The van der Waals surface area contributed by atoms with Crippen molar-refractivity contribution in [1.82, 2.24) is 0 Å². The van der Waals surface area contributed by atoms with Gasteiger partial charge in [0, 0.05) is 0 Å². The van der Waals surface area contributed by atoms with Gasteiger partial charge in [0.1, 0.15) is 11.5 Å². The fourth-order valence-corrected chi connectivity index (χ4v) is 4.39. The van der Waals surface area contributed by atoms with Crippen LogP contribution in [-0.2, 0) is 0 Å². The Balaban J connectivity index is 2.43. The average molecular weight is 443 g/mol. The third-order valence-electron chi connectivity index (χ3n) is 5.49. The first-order valence-electron chi connectivity index (χ1n) is 11.7. The van der Waals surface area contributed by atoms with E-state index in [1.165, 1.54) is 22.3 Å². The molecule has 0 aliphatic carbocycles. The predicted molar refractivity (Wildman–Crippen MR) is 137 cm³/mol. The number of rotatable bonds is 8. The van der Waals surface area contributed by atoms with E-state index < -0.39 is 8.38 Å². The van der Waals surface area contributed by atoms with Gasteiger partial charge in [0.15, 0.2) is 0 Å². The van der Waals surface area contributed by atoms with Gasteiger partial charge in [0.2, 0.25) is 0 Å². The van der Waals surface area contributed by atoms with Gasteiger partial charge in [-0.15, -0.1) is 0 Å². The van der Waals surface area contributed by atoms with E-state index in [1.807, 2.05) is 0 Å². The Morgan fingerprint density at radius 3 is 0.968 bits per heavy atom. The predicted octanol–water partition coefficient (Wildman–Crippen LogP) is 9.75. The second-order valence-electron chi connectivity index (χ2n) is 10.9. The standard InChI is InChI=1S/C28H43O2P/c1-18(2)22-12-23(19(3)4)15-26(14-22)29-31(28(9,10)11)30-27-16-24(20(5)6)13-25(17-27)21(7)8/h12-21H,1-11H3. The fraction of sp³-hybridized carbons (Fsp3) is 0.571. The summed E-state index contributed by atoms with van der Waals surface area (Å²) in [5.41, 5.74) is 5.26. The van der Waals surface area contributed by atoms with Gasteiger partial charge in [0.05, 0.1) is 5.16 Å². The maximum absolute atomic E-state index is 6.61. The zero-order chi connectivity index (χ0) is 23.5. The van der Waals surface area contributed by atoms with Gasteiger partial charge in [-0.3, -0.25) is 0 Å². The summed E-state index contributed by atoms with van der Waals surface area (Å²) in [5, 5.41) is -0.118. The van der Waals surface area contributed by atoms with E-state index in [4.69, 9.17) is 9.05 Å². The molecule has 0 N–H and O–H groups in total. The highest BCUT2D eigenvalue weighted by atomic mass is 31.2. The van der Waals surface area contributed by atoms with Crippen molar-refractivity contribution in [2.45, 2.75) is 105 Å². The van der Waals surface area contributed by atoms with E-state index in [2.05, 4.69) is 113 Å². The summed E-state index contributed by atoms with van der Waals surface area (Å²) < 4.78 is 13.2. The molecular weight excluding hydrogens is 399 g/mol. The molecule has 3 heteroatoms. The normalized spacial score (nSPS) is 12.5. The molecule has 2 nitrogen and oxygen atoms in total. The molecule has 2 rings (SSSR count). The fourth-order valence-electron chi connectivity index (χ4n) is 3.21. The Morgan fingerprint density at radius 1 is 0.516 bits per heavy atom. The molecule has 0 unspecified atom stereocenters. The van der Waals surface area contributed by atoms with Crippen molar-refractivity contribution in [3.63, 3.8) is 0 Å². The third kappa shape index (κ3) is 7.25. The minimum atomic E-state index is -1.18. The van der Waals surface area contributed by atoms with E-state index >= 15 is 0 Å². The summed E-state index contributed by atoms with van der Waals surface area (Å²) in [7, 11) is -1.18. The first-order valence-corrected chi connectivity index (χ1v) is 12.9. The molecule has 0 radical (unpaired) electrons. The molecule has 0 amide bonds. The zero-order valence-electron chi connectivity index (χ0n) is 21.5. The van der Waals surface area contributed by atoms with Crippen LogP contribution in [0.15, 0.2) is 36.4 Å². The highest BCUT2D eigenvalue weighted by molar-refractivity contribution is 7.49. The van der Waals surface area contributed by atoms with Crippen molar-refractivity contribution in [2.75, 3.05) is 0 Å². The number of benzene rings is 2. The van der Waals surface area contributed by atoms with Gasteiger partial charge in [-0.1, -0.05) is 67.5 Å². The number of hydrogen-bond donors (Lipinski definition) is 0. The zero-order valence-corrected chi connectivity index (χ0v) is 22.4. The van der Waals surface area contributed by atoms with E-state index in [1.54, 1.807) is 0 Å². The van der Waals surface area contributed by atoms with Gasteiger partial charge in [-0.2, -0.15) is 0 Å². The molecule has 0 aliphatic rings. The molecule has 2 aromatic carbocycles. The van der Waals surface area contributed by atoms with Crippen LogP contribution in [0, 0.1) is 0 Å². The molecule has 0 saturated carbocycles. The summed E-state index contributed by atoms with van der Waals surface area (Å²) >= 11 is 0. The van der Waals surface area contributed by atoms with E-state index in [0.29, 0.717) is 23.7 Å². The maximum atomic E-state index is 6.61. The quantitative estimate of drug-likeness (QED) is 0.379. The van der Waals surface area contributed by atoms with E-state index in [-0.39, 0.29) is 5.16 Å². The monoisotopic (exact) mass is 442 g/mol. The summed E-state index contributed by atoms with van der Waals surface area (Å²) in [5.74, 6) is 3.66.